The summed E-state index contributed by atoms with van der Waals surface area (Å²) in [5.41, 5.74) is 7.52. The van der Waals surface area contributed by atoms with Crippen molar-refractivity contribution >= 4 is 5.96 Å². The Morgan fingerprint density at radius 3 is 2.84 bits per heavy atom. The number of rotatable bonds is 4. The lowest BCUT2D eigenvalue weighted by Crippen LogP contribution is -2.40. The molecule has 1 atom stereocenters. The lowest BCUT2D eigenvalue weighted by molar-refractivity contribution is 0.293. The Bertz CT molecular complexity index is 484. The van der Waals surface area contributed by atoms with Crippen LogP contribution in [-0.4, -0.2) is 49.5 Å². The van der Waals surface area contributed by atoms with E-state index in [1.165, 1.54) is 0 Å². The van der Waals surface area contributed by atoms with E-state index >= 15 is 0 Å². The molecular weight excluding hydrogens is 243 g/mol. The summed E-state index contributed by atoms with van der Waals surface area (Å²) in [6.45, 7) is 4.05. The van der Waals surface area contributed by atoms with Crippen LogP contribution in [0.4, 0.5) is 4.39 Å². The first-order valence-electron chi connectivity index (χ1n) is 6.46. The summed E-state index contributed by atoms with van der Waals surface area (Å²) in [4.78, 5) is 8.43. The number of halogens is 1. The van der Waals surface area contributed by atoms with Crippen LogP contribution in [-0.2, 0) is 0 Å². The van der Waals surface area contributed by atoms with Gasteiger partial charge in [-0.2, -0.15) is 0 Å². The van der Waals surface area contributed by atoms with Crippen molar-refractivity contribution in [3.05, 3.63) is 35.1 Å². The number of nitrogens with two attached hydrogens (primary N) is 1. The number of benzene rings is 1. The zero-order valence-corrected chi connectivity index (χ0v) is 11.7. The minimum absolute atomic E-state index is 0.0510. The van der Waals surface area contributed by atoms with Gasteiger partial charge in [0, 0.05) is 13.1 Å². The predicted molar refractivity (Wildman–Crippen MR) is 75.6 cm³/mol. The maximum absolute atomic E-state index is 13.7. The van der Waals surface area contributed by atoms with Gasteiger partial charge in [-0.05, 0) is 38.2 Å². The second-order valence-electron chi connectivity index (χ2n) is 5.22. The molecule has 0 bridgehead atoms. The maximum atomic E-state index is 13.7. The van der Waals surface area contributed by atoms with E-state index in [9.17, 15) is 4.39 Å². The van der Waals surface area contributed by atoms with Crippen molar-refractivity contribution < 1.29 is 4.39 Å². The van der Waals surface area contributed by atoms with Gasteiger partial charge in [0.25, 0.3) is 0 Å². The highest BCUT2D eigenvalue weighted by molar-refractivity contribution is 5.80. The molecule has 2 rings (SSSR count). The molecule has 19 heavy (non-hydrogen) atoms. The Morgan fingerprint density at radius 1 is 1.47 bits per heavy atom. The fraction of sp³-hybridized carbons (Fsp3) is 0.500. The molecule has 1 unspecified atom stereocenters. The summed E-state index contributed by atoms with van der Waals surface area (Å²) in [6, 6.07) is 5.41. The fourth-order valence-electron chi connectivity index (χ4n) is 2.21. The number of guanidine groups is 1. The zero-order valence-electron chi connectivity index (χ0n) is 11.7. The number of nitrogens with zero attached hydrogens (tertiary/aromatic N) is 3. The summed E-state index contributed by atoms with van der Waals surface area (Å²) in [5.74, 6) is 0.378. The van der Waals surface area contributed by atoms with Crippen molar-refractivity contribution in [1.29, 1.82) is 0 Å². The smallest absolute Gasteiger partial charge is 0.191 e. The van der Waals surface area contributed by atoms with E-state index < -0.39 is 0 Å². The van der Waals surface area contributed by atoms with E-state index in [2.05, 4.69) is 9.89 Å². The van der Waals surface area contributed by atoms with Gasteiger partial charge in [-0.1, -0.05) is 12.1 Å². The number of hydrogen-bond donors (Lipinski definition) is 1. The van der Waals surface area contributed by atoms with Crippen molar-refractivity contribution in [3.8, 4) is 0 Å². The predicted octanol–water partition coefficient (Wildman–Crippen LogP) is 1.37. The molecule has 0 saturated heterocycles. The van der Waals surface area contributed by atoms with Crippen LogP contribution in [0, 0.1) is 12.7 Å². The zero-order chi connectivity index (χ0) is 14.0. The molecular formula is C14H21FN4. The second kappa shape index (κ2) is 5.57. The third kappa shape index (κ3) is 3.04. The summed E-state index contributed by atoms with van der Waals surface area (Å²) in [6.07, 6.45) is 0. The van der Waals surface area contributed by atoms with Gasteiger partial charge < -0.3 is 15.5 Å². The van der Waals surface area contributed by atoms with E-state index in [0.29, 0.717) is 18.1 Å². The van der Waals surface area contributed by atoms with Crippen molar-refractivity contribution in [2.24, 2.45) is 10.7 Å². The lowest BCUT2D eigenvalue weighted by atomic mass is 10.0. The number of likely N-dealkylation sites (N-methyl/N-ethyl adjacent to an activating group) is 1. The Morgan fingerprint density at radius 2 is 2.21 bits per heavy atom. The first-order valence-corrected chi connectivity index (χ1v) is 6.46. The molecule has 4 nitrogen and oxygen atoms in total. The van der Waals surface area contributed by atoms with E-state index in [1.54, 1.807) is 13.0 Å². The molecule has 1 aromatic rings. The molecule has 0 aromatic heterocycles. The number of hydrogen-bond acceptors (Lipinski definition) is 4. The molecule has 1 heterocycles. The van der Waals surface area contributed by atoms with Crippen LogP contribution in [0.1, 0.15) is 17.2 Å². The third-order valence-electron chi connectivity index (χ3n) is 3.47. The standard InChI is InChI=1S/C14H21FN4/c1-10-4-5-11(8-12(10)15)13-9-17-14(16)19(13)7-6-18(2)3/h4-5,8,13H,6-7,9H2,1-3H3,(H2,16,17). The molecule has 1 aliphatic rings. The average molecular weight is 264 g/mol. The summed E-state index contributed by atoms with van der Waals surface area (Å²) in [5, 5.41) is 0. The van der Waals surface area contributed by atoms with Gasteiger partial charge in [0.2, 0.25) is 0 Å². The first-order chi connectivity index (χ1) is 8.99. The van der Waals surface area contributed by atoms with Gasteiger partial charge in [0.15, 0.2) is 5.96 Å². The van der Waals surface area contributed by atoms with Crippen LogP contribution >= 0.6 is 0 Å². The van der Waals surface area contributed by atoms with Gasteiger partial charge in [0.1, 0.15) is 5.82 Å². The van der Waals surface area contributed by atoms with Crippen molar-refractivity contribution in [2.45, 2.75) is 13.0 Å². The van der Waals surface area contributed by atoms with Gasteiger partial charge in [-0.25, -0.2) is 4.39 Å². The maximum Gasteiger partial charge on any atom is 0.191 e. The Labute approximate surface area is 113 Å². The van der Waals surface area contributed by atoms with E-state index in [4.69, 9.17) is 5.73 Å². The highest BCUT2D eigenvalue weighted by Gasteiger charge is 2.27. The molecule has 104 valence electrons. The molecule has 2 N–H and O–H groups in total. The minimum atomic E-state index is -0.171. The topological polar surface area (TPSA) is 44.9 Å². The Balaban J connectivity index is 2.16. The van der Waals surface area contributed by atoms with Crippen molar-refractivity contribution in [3.63, 3.8) is 0 Å². The van der Waals surface area contributed by atoms with Gasteiger partial charge in [-0.3, -0.25) is 4.99 Å². The van der Waals surface area contributed by atoms with Crippen molar-refractivity contribution in [2.75, 3.05) is 33.7 Å². The molecule has 5 heteroatoms. The third-order valence-corrected chi connectivity index (χ3v) is 3.47. The Kier molecular flexibility index (Phi) is 4.04. The van der Waals surface area contributed by atoms with Crippen LogP contribution in [0.3, 0.4) is 0 Å². The quantitative estimate of drug-likeness (QED) is 0.893. The number of aryl methyl sites for hydroxylation is 1. The van der Waals surface area contributed by atoms with Gasteiger partial charge >= 0.3 is 0 Å². The van der Waals surface area contributed by atoms with Crippen LogP contribution in [0.25, 0.3) is 0 Å². The molecule has 0 aliphatic carbocycles. The molecule has 1 aromatic carbocycles. The summed E-state index contributed by atoms with van der Waals surface area (Å²) < 4.78 is 13.7. The van der Waals surface area contributed by atoms with Crippen LogP contribution in [0.15, 0.2) is 23.2 Å². The number of aliphatic imine (C=N–C) groups is 1. The lowest BCUT2D eigenvalue weighted by Gasteiger charge is -2.28. The SMILES string of the molecule is Cc1ccc(C2CN=C(N)N2CCN(C)C)cc1F. The molecule has 0 amide bonds. The molecule has 1 aliphatic heterocycles. The molecule has 0 saturated carbocycles. The van der Waals surface area contributed by atoms with Gasteiger partial charge in [-0.15, -0.1) is 0 Å². The summed E-state index contributed by atoms with van der Waals surface area (Å²) in [7, 11) is 4.04. The van der Waals surface area contributed by atoms with Crippen molar-refractivity contribution in [1.82, 2.24) is 9.80 Å². The van der Waals surface area contributed by atoms with Crippen LogP contribution in [0.5, 0.6) is 0 Å². The fourth-order valence-corrected chi connectivity index (χ4v) is 2.21. The highest BCUT2D eigenvalue weighted by atomic mass is 19.1. The Hall–Kier alpha value is -1.62. The molecule has 0 radical (unpaired) electrons. The van der Waals surface area contributed by atoms with E-state index in [0.717, 1.165) is 18.7 Å². The minimum Gasteiger partial charge on any atom is -0.370 e. The average Bonchev–Trinajstić information content (AvgIpc) is 2.71. The molecule has 0 fully saturated rings. The van der Waals surface area contributed by atoms with Gasteiger partial charge in [0.05, 0.1) is 12.6 Å². The van der Waals surface area contributed by atoms with Crippen LogP contribution in [0.2, 0.25) is 0 Å². The summed E-state index contributed by atoms with van der Waals surface area (Å²) >= 11 is 0. The van der Waals surface area contributed by atoms with E-state index in [1.807, 2.05) is 31.1 Å². The highest BCUT2D eigenvalue weighted by Crippen LogP contribution is 2.26. The monoisotopic (exact) mass is 264 g/mol. The largest absolute Gasteiger partial charge is 0.370 e. The normalized spacial score (nSPS) is 19.1. The molecule has 0 spiro atoms. The van der Waals surface area contributed by atoms with Crippen LogP contribution < -0.4 is 5.73 Å². The second-order valence-corrected chi connectivity index (χ2v) is 5.22. The first kappa shape index (κ1) is 13.8. The van der Waals surface area contributed by atoms with E-state index in [-0.39, 0.29) is 11.9 Å².